The number of benzene rings is 3. The largest absolute Gasteiger partial charge is 0.283 e. The summed E-state index contributed by atoms with van der Waals surface area (Å²) in [6.45, 7) is 4.61. The summed E-state index contributed by atoms with van der Waals surface area (Å²) >= 11 is 1.58. The van der Waals surface area contributed by atoms with E-state index >= 15 is 0 Å². The predicted octanol–water partition coefficient (Wildman–Crippen LogP) is 6.24. The predicted molar refractivity (Wildman–Crippen MR) is 132 cm³/mol. The van der Waals surface area contributed by atoms with Crippen LogP contribution >= 0.6 is 11.3 Å². The van der Waals surface area contributed by atoms with Crippen molar-refractivity contribution < 1.29 is 4.79 Å². The fourth-order valence-electron chi connectivity index (χ4n) is 4.12. The SMILES string of the molecule is Cc1cc(C)c2sc(N(Cc3cccnc3)C(=O)Cc3cccc4ccccc34)nc2c1. The number of amides is 1. The van der Waals surface area contributed by atoms with Gasteiger partial charge in [0.15, 0.2) is 5.13 Å². The van der Waals surface area contributed by atoms with Crippen molar-refractivity contribution in [1.29, 1.82) is 0 Å². The smallest absolute Gasteiger partial charge is 0.233 e. The molecule has 0 aliphatic carbocycles. The molecule has 1 amide bonds. The molecule has 0 N–H and O–H groups in total. The fourth-order valence-corrected chi connectivity index (χ4v) is 5.15. The van der Waals surface area contributed by atoms with Gasteiger partial charge in [-0.05, 0) is 59.0 Å². The van der Waals surface area contributed by atoms with Crippen LogP contribution in [0, 0.1) is 13.8 Å². The van der Waals surface area contributed by atoms with Crippen molar-refractivity contribution >= 4 is 43.4 Å². The second-order valence-corrected chi connectivity index (χ2v) is 9.06. The molecule has 0 saturated carbocycles. The van der Waals surface area contributed by atoms with Crippen LogP contribution in [0.4, 0.5) is 5.13 Å². The van der Waals surface area contributed by atoms with E-state index in [1.54, 1.807) is 28.6 Å². The number of pyridine rings is 1. The molecule has 0 aliphatic heterocycles. The standard InChI is InChI=1S/C27H23N3OS/c1-18-13-19(2)26-24(14-18)29-27(32-26)30(17-20-7-6-12-28-16-20)25(31)15-22-10-5-9-21-8-3-4-11-23(21)22/h3-14,16H,15,17H2,1-2H3. The topological polar surface area (TPSA) is 46.1 Å². The number of hydrogen-bond acceptors (Lipinski definition) is 4. The molecule has 4 nitrogen and oxygen atoms in total. The first-order valence-corrected chi connectivity index (χ1v) is 11.4. The zero-order chi connectivity index (χ0) is 22.1. The van der Waals surface area contributed by atoms with Crippen molar-refractivity contribution in [3.63, 3.8) is 0 Å². The molecule has 0 radical (unpaired) electrons. The zero-order valence-electron chi connectivity index (χ0n) is 18.1. The Hall–Kier alpha value is -3.57. The normalized spacial score (nSPS) is 11.2. The van der Waals surface area contributed by atoms with Crippen LogP contribution in [0.15, 0.2) is 79.1 Å². The summed E-state index contributed by atoms with van der Waals surface area (Å²) < 4.78 is 1.12. The lowest BCUT2D eigenvalue weighted by atomic mass is 10.0. The molecule has 5 aromatic rings. The Morgan fingerprint density at radius 2 is 1.84 bits per heavy atom. The lowest BCUT2D eigenvalue weighted by molar-refractivity contribution is -0.118. The van der Waals surface area contributed by atoms with Crippen LogP contribution in [0.25, 0.3) is 21.0 Å². The monoisotopic (exact) mass is 437 g/mol. The molecular weight excluding hydrogens is 414 g/mol. The van der Waals surface area contributed by atoms with Crippen LogP contribution in [-0.4, -0.2) is 15.9 Å². The maximum Gasteiger partial charge on any atom is 0.233 e. The number of carbonyl (C=O) groups is 1. The first-order chi connectivity index (χ1) is 15.6. The van der Waals surface area contributed by atoms with Gasteiger partial charge in [0.05, 0.1) is 23.2 Å². The number of thiazole rings is 1. The summed E-state index contributed by atoms with van der Waals surface area (Å²) in [6.07, 6.45) is 3.87. The number of aromatic nitrogens is 2. The number of anilines is 1. The molecule has 0 saturated heterocycles. The van der Waals surface area contributed by atoms with E-state index in [1.165, 1.54) is 11.1 Å². The minimum absolute atomic E-state index is 0.0265. The molecule has 158 valence electrons. The maximum atomic E-state index is 13.7. The fraction of sp³-hybridized carbons (Fsp3) is 0.148. The van der Waals surface area contributed by atoms with Gasteiger partial charge in [-0.2, -0.15) is 0 Å². The number of carbonyl (C=O) groups excluding carboxylic acids is 1. The molecule has 2 heterocycles. The number of hydrogen-bond donors (Lipinski definition) is 0. The maximum absolute atomic E-state index is 13.7. The molecule has 0 atom stereocenters. The highest BCUT2D eigenvalue weighted by atomic mass is 32.1. The highest BCUT2D eigenvalue weighted by Gasteiger charge is 2.22. The highest BCUT2D eigenvalue weighted by molar-refractivity contribution is 7.22. The van der Waals surface area contributed by atoms with Gasteiger partial charge in [-0.15, -0.1) is 0 Å². The summed E-state index contributed by atoms with van der Waals surface area (Å²) in [5.74, 6) is 0.0265. The Kier molecular flexibility index (Phi) is 5.41. The summed E-state index contributed by atoms with van der Waals surface area (Å²) in [6, 6.07) is 22.5. The van der Waals surface area contributed by atoms with Crippen molar-refractivity contribution in [1.82, 2.24) is 9.97 Å². The second-order valence-electron chi connectivity index (χ2n) is 8.08. The van der Waals surface area contributed by atoms with Crippen molar-refractivity contribution in [2.45, 2.75) is 26.8 Å². The number of fused-ring (bicyclic) bond motifs is 2. The van der Waals surface area contributed by atoms with Gasteiger partial charge in [0.25, 0.3) is 0 Å². The first kappa shape index (κ1) is 20.3. The molecule has 32 heavy (non-hydrogen) atoms. The Morgan fingerprint density at radius 1 is 1.00 bits per heavy atom. The average Bonchev–Trinajstić information content (AvgIpc) is 3.22. The molecule has 5 heteroatoms. The van der Waals surface area contributed by atoms with Crippen LogP contribution in [-0.2, 0) is 17.8 Å². The van der Waals surface area contributed by atoms with E-state index in [0.717, 1.165) is 37.2 Å². The minimum Gasteiger partial charge on any atom is -0.283 e. The Morgan fingerprint density at radius 3 is 2.69 bits per heavy atom. The van der Waals surface area contributed by atoms with E-state index in [1.807, 2.05) is 36.4 Å². The second kappa shape index (κ2) is 8.52. The highest BCUT2D eigenvalue weighted by Crippen LogP contribution is 2.33. The molecule has 0 unspecified atom stereocenters. The Labute approximate surface area is 191 Å². The number of rotatable bonds is 5. The summed E-state index contributed by atoms with van der Waals surface area (Å²) in [5.41, 5.74) is 5.30. The third-order valence-corrected chi connectivity index (χ3v) is 6.86. The van der Waals surface area contributed by atoms with Crippen LogP contribution in [0.5, 0.6) is 0 Å². The van der Waals surface area contributed by atoms with E-state index in [4.69, 9.17) is 4.98 Å². The van der Waals surface area contributed by atoms with Crippen LogP contribution < -0.4 is 4.90 Å². The number of nitrogens with zero attached hydrogens (tertiary/aromatic N) is 3. The molecule has 3 aromatic carbocycles. The van der Waals surface area contributed by atoms with E-state index in [-0.39, 0.29) is 5.91 Å². The molecule has 0 spiro atoms. The van der Waals surface area contributed by atoms with Gasteiger partial charge >= 0.3 is 0 Å². The summed E-state index contributed by atoms with van der Waals surface area (Å²) in [7, 11) is 0. The molecule has 2 aromatic heterocycles. The average molecular weight is 438 g/mol. The van der Waals surface area contributed by atoms with E-state index < -0.39 is 0 Å². The molecule has 0 fully saturated rings. The van der Waals surface area contributed by atoms with E-state index in [9.17, 15) is 4.79 Å². The Bertz CT molecular complexity index is 1420. The van der Waals surface area contributed by atoms with E-state index in [0.29, 0.717) is 13.0 Å². The summed E-state index contributed by atoms with van der Waals surface area (Å²) in [5, 5.41) is 2.98. The van der Waals surface area contributed by atoms with Crippen molar-refractivity contribution in [2.24, 2.45) is 0 Å². The van der Waals surface area contributed by atoms with Gasteiger partial charge in [0, 0.05) is 12.4 Å². The molecule has 0 bridgehead atoms. The van der Waals surface area contributed by atoms with Crippen molar-refractivity contribution in [3.05, 3.63) is 101 Å². The Balaban J connectivity index is 1.55. The van der Waals surface area contributed by atoms with Gasteiger partial charge < -0.3 is 0 Å². The summed E-state index contributed by atoms with van der Waals surface area (Å²) in [4.78, 5) is 24.6. The van der Waals surface area contributed by atoms with Crippen molar-refractivity contribution in [2.75, 3.05) is 4.90 Å². The van der Waals surface area contributed by atoms with Crippen LogP contribution in [0.3, 0.4) is 0 Å². The first-order valence-electron chi connectivity index (χ1n) is 10.6. The zero-order valence-corrected chi connectivity index (χ0v) is 18.9. The molecule has 0 aliphatic rings. The van der Waals surface area contributed by atoms with Gasteiger partial charge in [-0.1, -0.05) is 65.9 Å². The lowest BCUT2D eigenvalue weighted by Crippen LogP contribution is -2.31. The van der Waals surface area contributed by atoms with E-state index in [2.05, 4.69) is 49.2 Å². The third kappa shape index (κ3) is 3.99. The minimum atomic E-state index is 0.0265. The quantitative estimate of drug-likeness (QED) is 0.327. The van der Waals surface area contributed by atoms with Gasteiger partial charge in [0.1, 0.15) is 0 Å². The lowest BCUT2D eigenvalue weighted by Gasteiger charge is -2.20. The third-order valence-electron chi connectivity index (χ3n) is 5.63. The molecular formula is C27H23N3OS. The molecule has 5 rings (SSSR count). The van der Waals surface area contributed by atoms with Crippen molar-refractivity contribution in [3.8, 4) is 0 Å². The van der Waals surface area contributed by atoms with Crippen LogP contribution in [0.1, 0.15) is 22.3 Å². The van der Waals surface area contributed by atoms with Gasteiger partial charge in [-0.25, -0.2) is 4.98 Å². The number of aryl methyl sites for hydroxylation is 2. The van der Waals surface area contributed by atoms with Gasteiger partial charge in [-0.3, -0.25) is 14.7 Å². The van der Waals surface area contributed by atoms with Gasteiger partial charge in [0.2, 0.25) is 5.91 Å². The van der Waals surface area contributed by atoms with Crippen LogP contribution in [0.2, 0.25) is 0 Å².